The van der Waals surface area contributed by atoms with Crippen LogP contribution in [0.25, 0.3) is 0 Å². The molecule has 0 heterocycles. The van der Waals surface area contributed by atoms with Crippen LogP contribution in [0.5, 0.6) is 0 Å². The monoisotopic (exact) mass is 252 g/mol. The minimum atomic E-state index is -4.05. The maximum Gasteiger partial charge on any atom is 0.425 e. The first-order valence-electron chi connectivity index (χ1n) is 5.11. The second kappa shape index (κ2) is 5.49. The Morgan fingerprint density at radius 1 is 1.38 bits per heavy atom. The van der Waals surface area contributed by atoms with Crippen molar-refractivity contribution in [2.24, 2.45) is 5.14 Å². The fourth-order valence-electron chi connectivity index (χ4n) is 0.937. The Labute approximate surface area is 96.9 Å². The molecule has 0 bridgehead atoms. The molecule has 0 aliphatic carbocycles. The van der Waals surface area contributed by atoms with Gasteiger partial charge in [-0.3, -0.25) is 0 Å². The molecule has 0 spiro atoms. The third-order valence-electron chi connectivity index (χ3n) is 1.62. The highest BCUT2D eigenvalue weighted by Crippen LogP contribution is 2.11. The van der Waals surface area contributed by atoms with Gasteiger partial charge in [0.1, 0.15) is 5.60 Å². The van der Waals surface area contributed by atoms with Gasteiger partial charge in [0.25, 0.3) is 0 Å². The van der Waals surface area contributed by atoms with E-state index in [9.17, 15) is 13.2 Å². The van der Waals surface area contributed by atoms with Gasteiger partial charge in [0.05, 0.1) is 0 Å². The van der Waals surface area contributed by atoms with Gasteiger partial charge in [0.15, 0.2) is 0 Å². The molecule has 2 N–H and O–H groups in total. The van der Waals surface area contributed by atoms with Gasteiger partial charge in [-0.05, 0) is 27.2 Å². The molecule has 0 aliphatic heterocycles. The summed E-state index contributed by atoms with van der Waals surface area (Å²) in [5.41, 5.74) is -0.744. The molecule has 96 valence electrons. The number of nitrogens with two attached hydrogens (primary N) is 1. The predicted molar refractivity (Wildman–Crippen MR) is 61.0 cm³/mol. The van der Waals surface area contributed by atoms with Gasteiger partial charge < -0.3 is 4.74 Å². The molecule has 0 radical (unpaired) electrons. The molecule has 0 aromatic heterocycles. The van der Waals surface area contributed by atoms with E-state index < -0.39 is 21.9 Å². The normalized spacial score (nSPS) is 12.3. The summed E-state index contributed by atoms with van der Waals surface area (Å²) in [5, 5.41) is 4.94. The van der Waals surface area contributed by atoms with E-state index in [4.69, 9.17) is 9.88 Å². The Morgan fingerprint density at radius 2 is 1.88 bits per heavy atom. The molecule has 0 aromatic rings. The van der Waals surface area contributed by atoms with Gasteiger partial charge in [-0.2, -0.15) is 12.7 Å². The van der Waals surface area contributed by atoms with Gasteiger partial charge >= 0.3 is 16.3 Å². The summed E-state index contributed by atoms with van der Waals surface area (Å²) < 4.78 is 27.8. The predicted octanol–water partition coefficient (Wildman–Crippen LogP) is 1.23. The van der Waals surface area contributed by atoms with E-state index in [2.05, 4.69) is 0 Å². The molecule has 16 heavy (non-hydrogen) atoms. The van der Waals surface area contributed by atoms with E-state index in [1.165, 1.54) is 0 Å². The molecule has 0 saturated heterocycles. The molecule has 0 atom stereocenters. The zero-order chi connectivity index (χ0) is 13.0. The van der Waals surface area contributed by atoms with Crippen molar-refractivity contribution < 1.29 is 17.9 Å². The first kappa shape index (κ1) is 15.2. The van der Waals surface area contributed by atoms with Crippen LogP contribution in [0.1, 0.15) is 40.5 Å². The van der Waals surface area contributed by atoms with Gasteiger partial charge in [-0.25, -0.2) is 9.93 Å². The van der Waals surface area contributed by atoms with Crippen LogP contribution in [0.4, 0.5) is 4.79 Å². The maximum atomic E-state index is 11.6. The van der Waals surface area contributed by atoms with Crippen LogP contribution >= 0.6 is 0 Å². The fraction of sp³-hybridized carbons (Fsp3) is 0.889. The Morgan fingerprint density at radius 3 is 2.19 bits per heavy atom. The highest BCUT2D eigenvalue weighted by Gasteiger charge is 2.28. The van der Waals surface area contributed by atoms with Crippen molar-refractivity contribution in [3.63, 3.8) is 0 Å². The van der Waals surface area contributed by atoms with E-state index in [-0.39, 0.29) is 6.54 Å². The largest absolute Gasteiger partial charge is 0.443 e. The number of carbonyl (C=O) groups excluding carboxylic acids is 1. The minimum absolute atomic E-state index is 0.0459. The molecule has 0 rings (SSSR count). The van der Waals surface area contributed by atoms with E-state index in [0.29, 0.717) is 10.7 Å². The quantitative estimate of drug-likeness (QED) is 0.814. The van der Waals surface area contributed by atoms with Crippen LogP contribution < -0.4 is 5.14 Å². The number of unbranched alkanes of at least 4 members (excludes halogenated alkanes) is 1. The number of rotatable bonds is 4. The first-order valence-corrected chi connectivity index (χ1v) is 6.61. The summed E-state index contributed by atoms with van der Waals surface area (Å²) in [4.78, 5) is 11.6. The number of hydrogen-bond donors (Lipinski definition) is 1. The fourth-order valence-corrected chi connectivity index (χ4v) is 1.57. The van der Waals surface area contributed by atoms with Crippen molar-refractivity contribution in [2.45, 2.75) is 46.1 Å². The average Bonchev–Trinajstić information content (AvgIpc) is 1.98. The lowest BCUT2D eigenvalue weighted by Crippen LogP contribution is -2.44. The Kier molecular flexibility index (Phi) is 5.21. The third kappa shape index (κ3) is 5.92. The smallest absolute Gasteiger partial charge is 0.425 e. The Balaban J connectivity index is 4.72. The molecule has 0 aromatic carbocycles. The standard InChI is InChI=1S/C9H20N2O4S/c1-5-6-7-11(16(10,13)14)8(12)15-9(2,3)4/h5-7H2,1-4H3,(H2,10,13,14). The molecule has 0 fully saturated rings. The highest BCUT2D eigenvalue weighted by molar-refractivity contribution is 7.87. The zero-order valence-electron chi connectivity index (χ0n) is 10.2. The van der Waals surface area contributed by atoms with Crippen molar-refractivity contribution >= 4 is 16.3 Å². The number of nitrogens with zero attached hydrogens (tertiary/aromatic N) is 1. The SMILES string of the molecule is CCCCN(C(=O)OC(C)(C)C)S(N)(=O)=O. The van der Waals surface area contributed by atoms with Gasteiger partial charge in [-0.15, -0.1) is 0 Å². The van der Waals surface area contributed by atoms with E-state index >= 15 is 0 Å². The molecule has 0 unspecified atom stereocenters. The van der Waals surface area contributed by atoms with E-state index in [1.54, 1.807) is 20.8 Å². The topological polar surface area (TPSA) is 89.7 Å². The van der Waals surface area contributed by atoms with Crippen molar-refractivity contribution in [1.82, 2.24) is 4.31 Å². The van der Waals surface area contributed by atoms with Crippen LogP contribution in [0.2, 0.25) is 0 Å². The Bertz CT molecular complexity index is 332. The summed E-state index contributed by atoms with van der Waals surface area (Å²) in [5.74, 6) is 0. The van der Waals surface area contributed by atoms with E-state index in [1.807, 2.05) is 6.92 Å². The van der Waals surface area contributed by atoms with Gasteiger partial charge in [0.2, 0.25) is 0 Å². The van der Waals surface area contributed by atoms with Gasteiger partial charge in [0, 0.05) is 6.54 Å². The second-order valence-corrected chi connectivity index (χ2v) is 5.92. The van der Waals surface area contributed by atoms with Gasteiger partial charge in [-0.1, -0.05) is 13.3 Å². The van der Waals surface area contributed by atoms with Crippen molar-refractivity contribution in [1.29, 1.82) is 0 Å². The number of amides is 1. The number of hydrogen-bond acceptors (Lipinski definition) is 4. The van der Waals surface area contributed by atoms with Crippen LogP contribution in [-0.4, -0.2) is 31.0 Å². The summed E-state index contributed by atoms with van der Waals surface area (Å²) >= 11 is 0. The average molecular weight is 252 g/mol. The van der Waals surface area contributed by atoms with Crippen molar-refractivity contribution in [3.8, 4) is 0 Å². The van der Waals surface area contributed by atoms with Crippen molar-refractivity contribution in [3.05, 3.63) is 0 Å². The van der Waals surface area contributed by atoms with Crippen LogP contribution in [0.3, 0.4) is 0 Å². The maximum absolute atomic E-state index is 11.6. The number of carbonyl (C=O) groups is 1. The molecule has 0 saturated carbocycles. The van der Waals surface area contributed by atoms with Crippen LogP contribution in [0.15, 0.2) is 0 Å². The molecular formula is C9H20N2O4S. The first-order chi connectivity index (χ1) is 7.08. The van der Waals surface area contributed by atoms with Crippen molar-refractivity contribution in [2.75, 3.05) is 6.54 Å². The number of ether oxygens (including phenoxy) is 1. The van der Waals surface area contributed by atoms with Crippen LogP contribution in [-0.2, 0) is 14.9 Å². The molecule has 0 aliphatic rings. The Hall–Kier alpha value is -0.820. The molecule has 7 heteroatoms. The summed E-state index contributed by atoms with van der Waals surface area (Å²) in [6.07, 6.45) is 0.383. The lowest BCUT2D eigenvalue weighted by molar-refractivity contribution is 0.0390. The lowest BCUT2D eigenvalue weighted by atomic mass is 10.2. The molecule has 6 nitrogen and oxygen atoms in total. The van der Waals surface area contributed by atoms with Crippen LogP contribution in [0, 0.1) is 0 Å². The zero-order valence-corrected chi connectivity index (χ0v) is 11.0. The summed E-state index contributed by atoms with van der Waals surface area (Å²) in [6.45, 7) is 6.91. The lowest BCUT2D eigenvalue weighted by Gasteiger charge is -2.25. The third-order valence-corrected chi connectivity index (χ3v) is 2.57. The minimum Gasteiger partial charge on any atom is -0.443 e. The van der Waals surface area contributed by atoms with E-state index in [0.717, 1.165) is 6.42 Å². The summed E-state index contributed by atoms with van der Waals surface area (Å²) in [6, 6.07) is 0. The highest BCUT2D eigenvalue weighted by atomic mass is 32.2. The molecule has 1 amide bonds. The summed E-state index contributed by atoms with van der Waals surface area (Å²) in [7, 11) is -4.05. The molecular weight excluding hydrogens is 232 g/mol. The second-order valence-electron chi connectivity index (χ2n) is 4.45.